The molecule has 0 aliphatic heterocycles. The van der Waals surface area contributed by atoms with E-state index in [4.69, 9.17) is 10.00 Å². The molecule has 4 nitrogen and oxygen atoms in total. The molecule has 17 heavy (non-hydrogen) atoms. The summed E-state index contributed by atoms with van der Waals surface area (Å²) >= 11 is 0. The highest BCUT2D eigenvalue weighted by Crippen LogP contribution is 2.28. The molecule has 0 atom stereocenters. The zero-order chi connectivity index (χ0) is 12.9. The van der Waals surface area contributed by atoms with Gasteiger partial charge in [-0.25, -0.2) is 0 Å². The highest BCUT2D eigenvalue weighted by molar-refractivity contribution is 5.47. The largest absolute Gasteiger partial charge is 0.573 e. The summed E-state index contributed by atoms with van der Waals surface area (Å²) in [5, 5.41) is 8.71. The average molecular weight is 247 g/mol. The summed E-state index contributed by atoms with van der Waals surface area (Å²) in [5.41, 5.74) is 0.0941. The zero-order valence-corrected chi connectivity index (χ0v) is 8.75. The summed E-state index contributed by atoms with van der Waals surface area (Å²) in [4.78, 5) is 0. The van der Waals surface area contributed by atoms with Crippen molar-refractivity contribution in [3.8, 4) is 17.6 Å². The Balaban J connectivity index is 2.93. The third kappa shape index (κ3) is 4.20. The van der Waals surface area contributed by atoms with E-state index in [0.29, 0.717) is 0 Å². The van der Waals surface area contributed by atoms with Crippen molar-refractivity contribution in [2.75, 3.05) is 13.9 Å². The van der Waals surface area contributed by atoms with Crippen LogP contribution in [0.4, 0.5) is 13.2 Å². The highest BCUT2D eigenvalue weighted by atomic mass is 19.4. The fourth-order valence-electron chi connectivity index (χ4n) is 1.03. The van der Waals surface area contributed by atoms with Gasteiger partial charge in [0.2, 0.25) is 0 Å². The molecule has 0 saturated carbocycles. The topological polar surface area (TPSA) is 51.5 Å². The number of rotatable bonds is 4. The molecule has 1 rings (SSSR count). The van der Waals surface area contributed by atoms with Crippen molar-refractivity contribution in [3.05, 3.63) is 23.8 Å². The molecule has 0 N–H and O–H groups in total. The predicted molar refractivity (Wildman–Crippen MR) is 50.3 cm³/mol. The molecule has 0 fully saturated rings. The second kappa shape index (κ2) is 5.41. The third-order valence-electron chi connectivity index (χ3n) is 1.64. The molecule has 0 unspecified atom stereocenters. The van der Waals surface area contributed by atoms with Crippen LogP contribution in [-0.2, 0) is 4.74 Å². The monoisotopic (exact) mass is 247 g/mol. The van der Waals surface area contributed by atoms with E-state index >= 15 is 0 Å². The molecule has 1 aromatic carbocycles. The quantitative estimate of drug-likeness (QED) is 0.767. The maximum absolute atomic E-state index is 12.0. The molecule has 0 aliphatic rings. The number of nitrogens with zero attached hydrogens (tertiary/aromatic N) is 1. The summed E-state index contributed by atoms with van der Waals surface area (Å²) in [6.07, 6.45) is -4.79. The van der Waals surface area contributed by atoms with Crippen molar-refractivity contribution in [2.24, 2.45) is 0 Å². The van der Waals surface area contributed by atoms with Gasteiger partial charge in [-0.1, -0.05) is 0 Å². The third-order valence-corrected chi connectivity index (χ3v) is 1.64. The van der Waals surface area contributed by atoms with E-state index < -0.39 is 12.1 Å². The molecule has 92 valence electrons. The summed E-state index contributed by atoms with van der Waals surface area (Å²) in [5.74, 6) is -0.487. The highest BCUT2D eigenvalue weighted by Gasteiger charge is 2.31. The van der Waals surface area contributed by atoms with Crippen LogP contribution in [0.3, 0.4) is 0 Å². The molecule has 0 aliphatic carbocycles. The lowest BCUT2D eigenvalue weighted by Crippen LogP contribution is -2.17. The van der Waals surface area contributed by atoms with Gasteiger partial charge in [0.15, 0.2) is 6.79 Å². The predicted octanol–water partition coefficient (Wildman–Crippen LogP) is 2.44. The van der Waals surface area contributed by atoms with Crippen molar-refractivity contribution in [3.63, 3.8) is 0 Å². The summed E-state index contributed by atoms with van der Waals surface area (Å²) < 4.78 is 49.1. The van der Waals surface area contributed by atoms with Crippen LogP contribution >= 0.6 is 0 Å². The summed E-state index contributed by atoms with van der Waals surface area (Å²) in [7, 11) is 1.35. The molecule has 0 aromatic heterocycles. The lowest BCUT2D eigenvalue weighted by molar-refractivity contribution is -0.274. The van der Waals surface area contributed by atoms with Crippen molar-refractivity contribution in [1.29, 1.82) is 5.26 Å². The van der Waals surface area contributed by atoms with Crippen molar-refractivity contribution in [1.82, 2.24) is 0 Å². The number of alkyl halides is 3. The standard InChI is InChI=1S/C10H8F3NO3/c1-15-6-16-9-4-8(17-10(11,12)13)3-2-7(9)5-14/h2-4H,6H2,1H3. The Labute approximate surface area is 95.1 Å². The van der Waals surface area contributed by atoms with Gasteiger partial charge in [0.05, 0.1) is 5.56 Å². The Bertz CT molecular complexity index is 426. The summed E-state index contributed by atoms with van der Waals surface area (Å²) in [6.45, 7) is -0.176. The molecule has 0 bridgehead atoms. The maximum Gasteiger partial charge on any atom is 0.573 e. The number of ether oxygens (including phenoxy) is 3. The first kappa shape index (κ1) is 13.1. The first-order valence-electron chi connectivity index (χ1n) is 4.38. The van der Waals surface area contributed by atoms with Crippen LogP contribution in [0, 0.1) is 11.3 Å². The van der Waals surface area contributed by atoms with Gasteiger partial charge < -0.3 is 14.2 Å². The van der Waals surface area contributed by atoms with Gasteiger partial charge in [-0.2, -0.15) is 5.26 Å². The van der Waals surface area contributed by atoms with Crippen LogP contribution in [0.2, 0.25) is 0 Å². The number of hydrogen-bond acceptors (Lipinski definition) is 4. The fraction of sp³-hybridized carbons (Fsp3) is 0.300. The average Bonchev–Trinajstić information content (AvgIpc) is 2.24. The van der Waals surface area contributed by atoms with E-state index in [2.05, 4.69) is 9.47 Å². The number of nitriles is 1. The second-order valence-corrected chi connectivity index (χ2v) is 2.87. The Morgan fingerprint density at radius 1 is 1.35 bits per heavy atom. The number of benzene rings is 1. The van der Waals surface area contributed by atoms with Gasteiger partial charge in [0.1, 0.15) is 17.6 Å². The molecular formula is C10H8F3NO3. The minimum absolute atomic E-state index is 0.0314. The van der Waals surface area contributed by atoms with E-state index in [1.54, 1.807) is 6.07 Å². The van der Waals surface area contributed by atoms with Crippen LogP contribution < -0.4 is 9.47 Å². The molecule has 0 amide bonds. The molecule has 0 heterocycles. The summed E-state index contributed by atoms with van der Waals surface area (Å²) in [6, 6.07) is 4.96. The van der Waals surface area contributed by atoms with Gasteiger partial charge in [0, 0.05) is 13.2 Å². The number of hydrogen-bond donors (Lipinski definition) is 0. The Hall–Kier alpha value is -1.94. The molecule has 0 saturated heterocycles. The van der Waals surface area contributed by atoms with E-state index in [1.165, 1.54) is 13.2 Å². The maximum atomic E-state index is 12.0. The van der Waals surface area contributed by atoms with Gasteiger partial charge in [-0.15, -0.1) is 13.2 Å². The minimum atomic E-state index is -4.79. The molecule has 0 spiro atoms. The lowest BCUT2D eigenvalue weighted by Gasteiger charge is -2.11. The van der Waals surface area contributed by atoms with Crippen molar-refractivity contribution >= 4 is 0 Å². The Morgan fingerprint density at radius 3 is 2.59 bits per heavy atom. The van der Waals surface area contributed by atoms with Crippen LogP contribution in [0.5, 0.6) is 11.5 Å². The Kier molecular flexibility index (Phi) is 4.17. The fourth-order valence-corrected chi connectivity index (χ4v) is 1.03. The van der Waals surface area contributed by atoms with E-state index in [0.717, 1.165) is 12.1 Å². The van der Waals surface area contributed by atoms with Crippen LogP contribution in [0.15, 0.2) is 18.2 Å². The zero-order valence-electron chi connectivity index (χ0n) is 8.75. The van der Waals surface area contributed by atoms with Crippen LogP contribution in [-0.4, -0.2) is 20.3 Å². The molecule has 0 radical (unpaired) electrons. The molecule has 1 aromatic rings. The number of halogens is 3. The van der Waals surface area contributed by atoms with E-state index in [1.807, 2.05) is 0 Å². The SMILES string of the molecule is COCOc1cc(OC(F)(F)F)ccc1C#N. The molecule has 7 heteroatoms. The van der Waals surface area contributed by atoms with Crippen LogP contribution in [0.1, 0.15) is 5.56 Å². The van der Waals surface area contributed by atoms with Gasteiger partial charge in [-0.3, -0.25) is 0 Å². The second-order valence-electron chi connectivity index (χ2n) is 2.87. The van der Waals surface area contributed by atoms with Crippen LogP contribution in [0.25, 0.3) is 0 Å². The molecular weight excluding hydrogens is 239 g/mol. The van der Waals surface area contributed by atoms with Gasteiger partial charge in [0.25, 0.3) is 0 Å². The lowest BCUT2D eigenvalue weighted by atomic mass is 10.2. The number of methoxy groups -OCH3 is 1. The minimum Gasteiger partial charge on any atom is -0.466 e. The first-order chi connectivity index (χ1) is 7.96. The van der Waals surface area contributed by atoms with E-state index in [9.17, 15) is 13.2 Å². The first-order valence-corrected chi connectivity index (χ1v) is 4.38. The van der Waals surface area contributed by atoms with Gasteiger partial charge >= 0.3 is 6.36 Å². The smallest absolute Gasteiger partial charge is 0.466 e. The Morgan fingerprint density at radius 2 is 2.06 bits per heavy atom. The van der Waals surface area contributed by atoms with Crippen molar-refractivity contribution in [2.45, 2.75) is 6.36 Å². The normalized spacial score (nSPS) is 10.8. The van der Waals surface area contributed by atoms with E-state index in [-0.39, 0.29) is 18.1 Å². The van der Waals surface area contributed by atoms with Crippen molar-refractivity contribution < 1.29 is 27.4 Å². The van der Waals surface area contributed by atoms with Gasteiger partial charge in [-0.05, 0) is 12.1 Å².